The van der Waals surface area contributed by atoms with Gasteiger partial charge in [0.2, 0.25) is 5.91 Å². The van der Waals surface area contributed by atoms with Crippen molar-refractivity contribution in [3.8, 4) is 0 Å². The number of para-hydroxylation sites is 1. The molecule has 0 unspecified atom stereocenters. The number of rotatable bonds is 7. The number of nitrogens with two attached hydrogens (primary N) is 1. The lowest BCUT2D eigenvalue weighted by Gasteiger charge is -2.10. The van der Waals surface area contributed by atoms with Crippen LogP contribution >= 0.6 is 23.4 Å². The lowest BCUT2D eigenvalue weighted by atomic mass is 10.2. The van der Waals surface area contributed by atoms with Gasteiger partial charge in [0, 0.05) is 9.92 Å². The van der Waals surface area contributed by atoms with E-state index in [2.05, 4.69) is 5.32 Å². The maximum atomic E-state index is 13.6. The molecule has 2 rings (SSSR count). The molecule has 0 saturated carbocycles. The number of benzene rings is 2. The quantitative estimate of drug-likeness (QED) is 0.554. The molecule has 2 amide bonds. The average Bonchev–Trinajstić information content (AvgIpc) is 2.61. The van der Waals surface area contributed by atoms with Crippen molar-refractivity contribution in [2.45, 2.75) is 4.90 Å². The van der Waals surface area contributed by atoms with Crippen molar-refractivity contribution in [2.24, 2.45) is 5.73 Å². The maximum absolute atomic E-state index is 13.6. The van der Waals surface area contributed by atoms with Gasteiger partial charge in [-0.1, -0.05) is 23.7 Å². The number of esters is 1. The van der Waals surface area contributed by atoms with E-state index in [1.54, 1.807) is 24.3 Å². The molecule has 0 aliphatic rings. The molecule has 3 N–H and O–H groups in total. The molecule has 0 heterocycles. The molecule has 0 bridgehead atoms. The van der Waals surface area contributed by atoms with Crippen LogP contribution in [0.3, 0.4) is 0 Å². The molecule has 2 aromatic rings. The van der Waals surface area contributed by atoms with Crippen LogP contribution in [0.15, 0.2) is 47.4 Å². The van der Waals surface area contributed by atoms with Gasteiger partial charge in [0.15, 0.2) is 6.61 Å². The Balaban J connectivity index is 1.96. The molecule has 2 aromatic carbocycles. The second-order valence-corrected chi connectivity index (χ2v) is 6.45. The zero-order chi connectivity index (χ0) is 19.1. The molecule has 6 nitrogen and oxygen atoms in total. The Morgan fingerprint density at radius 2 is 1.92 bits per heavy atom. The lowest BCUT2D eigenvalue weighted by molar-refractivity contribution is -0.119. The van der Waals surface area contributed by atoms with Crippen molar-refractivity contribution in [2.75, 3.05) is 17.7 Å². The van der Waals surface area contributed by atoms with Crippen LogP contribution in [0.2, 0.25) is 5.02 Å². The van der Waals surface area contributed by atoms with Crippen LogP contribution in [-0.4, -0.2) is 30.1 Å². The number of nitrogens with one attached hydrogen (secondary N) is 1. The van der Waals surface area contributed by atoms with Crippen LogP contribution in [-0.2, 0) is 14.3 Å². The van der Waals surface area contributed by atoms with Gasteiger partial charge in [-0.05, 0) is 30.3 Å². The topological polar surface area (TPSA) is 98.5 Å². The van der Waals surface area contributed by atoms with Gasteiger partial charge in [-0.25, -0.2) is 9.18 Å². The van der Waals surface area contributed by atoms with E-state index in [1.165, 1.54) is 6.07 Å². The Hall–Kier alpha value is -2.58. The second kappa shape index (κ2) is 9.21. The molecule has 0 saturated heterocycles. The number of thioether (sulfide) groups is 1. The van der Waals surface area contributed by atoms with E-state index in [-0.39, 0.29) is 16.3 Å². The normalized spacial score (nSPS) is 10.2. The molecule has 26 heavy (non-hydrogen) atoms. The summed E-state index contributed by atoms with van der Waals surface area (Å²) >= 11 is 6.87. The summed E-state index contributed by atoms with van der Waals surface area (Å²) in [5, 5.41) is 2.73. The molecule has 9 heteroatoms. The van der Waals surface area contributed by atoms with Crippen LogP contribution < -0.4 is 11.1 Å². The predicted molar refractivity (Wildman–Crippen MR) is 96.7 cm³/mol. The summed E-state index contributed by atoms with van der Waals surface area (Å²) in [6, 6.07) is 10.2. The third-order valence-corrected chi connectivity index (χ3v) is 4.34. The van der Waals surface area contributed by atoms with Crippen molar-refractivity contribution < 1.29 is 23.5 Å². The fraction of sp³-hybridized carbons (Fsp3) is 0.118. The number of ether oxygens (including phenoxy) is 1. The zero-order valence-corrected chi connectivity index (χ0v) is 14.9. The zero-order valence-electron chi connectivity index (χ0n) is 13.3. The minimum atomic E-state index is -1.00. The second-order valence-electron chi connectivity index (χ2n) is 5.00. The van der Waals surface area contributed by atoms with Gasteiger partial charge in [0.25, 0.3) is 5.91 Å². The largest absolute Gasteiger partial charge is 0.452 e. The van der Waals surface area contributed by atoms with Crippen LogP contribution in [0, 0.1) is 5.82 Å². The Morgan fingerprint density at radius 1 is 1.19 bits per heavy atom. The van der Waals surface area contributed by atoms with E-state index < -0.39 is 30.2 Å². The number of hydrogen-bond acceptors (Lipinski definition) is 5. The summed E-state index contributed by atoms with van der Waals surface area (Å²) < 4.78 is 18.4. The summed E-state index contributed by atoms with van der Waals surface area (Å²) in [5.41, 5.74) is 5.19. The molecule has 0 aliphatic heterocycles. The van der Waals surface area contributed by atoms with Crippen LogP contribution in [0.25, 0.3) is 0 Å². The number of hydrogen-bond donors (Lipinski definition) is 2. The van der Waals surface area contributed by atoms with E-state index in [0.717, 1.165) is 23.9 Å². The maximum Gasteiger partial charge on any atom is 0.341 e. The third-order valence-electron chi connectivity index (χ3n) is 3.01. The van der Waals surface area contributed by atoms with Crippen molar-refractivity contribution in [3.63, 3.8) is 0 Å². The molecule has 0 atom stereocenters. The summed E-state index contributed by atoms with van der Waals surface area (Å²) in [6.07, 6.45) is 0. The minimum Gasteiger partial charge on any atom is -0.452 e. The number of carbonyl (C=O) groups excluding carboxylic acids is 3. The van der Waals surface area contributed by atoms with E-state index in [4.69, 9.17) is 22.1 Å². The first kappa shape index (κ1) is 19.7. The first-order chi connectivity index (χ1) is 12.4. The summed E-state index contributed by atoms with van der Waals surface area (Å²) in [4.78, 5) is 35.4. The predicted octanol–water partition coefficient (Wildman–Crippen LogP) is 2.85. The van der Waals surface area contributed by atoms with Crippen molar-refractivity contribution in [1.29, 1.82) is 0 Å². The van der Waals surface area contributed by atoms with E-state index in [1.807, 2.05) is 0 Å². The van der Waals surface area contributed by atoms with Gasteiger partial charge in [-0.15, -0.1) is 11.8 Å². The highest BCUT2D eigenvalue weighted by atomic mass is 35.5. The van der Waals surface area contributed by atoms with Gasteiger partial charge in [0.05, 0.1) is 17.0 Å². The highest BCUT2D eigenvalue weighted by molar-refractivity contribution is 8.00. The monoisotopic (exact) mass is 396 g/mol. The van der Waals surface area contributed by atoms with Crippen molar-refractivity contribution in [1.82, 2.24) is 0 Å². The van der Waals surface area contributed by atoms with Gasteiger partial charge in [0.1, 0.15) is 5.82 Å². The molecular weight excluding hydrogens is 383 g/mol. The fourth-order valence-corrected chi connectivity index (χ4v) is 2.81. The van der Waals surface area contributed by atoms with Crippen molar-refractivity contribution in [3.05, 3.63) is 58.9 Å². The molecule has 0 aliphatic carbocycles. The molecule has 0 fully saturated rings. The van der Waals surface area contributed by atoms with Crippen LogP contribution in [0.4, 0.5) is 10.1 Å². The first-order valence-electron chi connectivity index (χ1n) is 7.29. The summed E-state index contributed by atoms with van der Waals surface area (Å²) in [5.74, 6) is -2.86. The van der Waals surface area contributed by atoms with E-state index in [0.29, 0.717) is 10.6 Å². The minimum absolute atomic E-state index is 0.0515. The van der Waals surface area contributed by atoms with Gasteiger partial charge in [-0.3, -0.25) is 9.59 Å². The SMILES string of the molecule is NC(=O)CSc1ccccc1NC(=O)COC(=O)c1cc(Cl)ccc1F. The van der Waals surface area contributed by atoms with Gasteiger partial charge in [-0.2, -0.15) is 0 Å². The number of halogens is 2. The summed E-state index contributed by atoms with van der Waals surface area (Å²) in [7, 11) is 0. The number of primary amides is 1. The number of anilines is 1. The molecular formula is C17H14ClFN2O4S. The third kappa shape index (κ3) is 5.75. The Labute approximate surface area is 157 Å². The number of amides is 2. The first-order valence-corrected chi connectivity index (χ1v) is 8.65. The van der Waals surface area contributed by atoms with E-state index >= 15 is 0 Å². The number of carbonyl (C=O) groups is 3. The average molecular weight is 397 g/mol. The fourth-order valence-electron chi connectivity index (χ4n) is 1.89. The molecule has 136 valence electrons. The van der Waals surface area contributed by atoms with Gasteiger partial charge >= 0.3 is 5.97 Å². The smallest absolute Gasteiger partial charge is 0.341 e. The highest BCUT2D eigenvalue weighted by Gasteiger charge is 2.16. The Kier molecular flexibility index (Phi) is 6.99. The van der Waals surface area contributed by atoms with Crippen molar-refractivity contribution >= 4 is 46.8 Å². The Bertz CT molecular complexity index is 847. The Morgan fingerprint density at radius 3 is 2.65 bits per heavy atom. The molecule has 0 aromatic heterocycles. The molecule has 0 radical (unpaired) electrons. The lowest BCUT2D eigenvalue weighted by Crippen LogP contribution is -2.21. The summed E-state index contributed by atoms with van der Waals surface area (Å²) in [6.45, 7) is -0.612. The highest BCUT2D eigenvalue weighted by Crippen LogP contribution is 2.26. The standard InChI is InChI=1S/C17H14ClFN2O4S/c18-10-5-6-12(19)11(7-10)17(24)25-8-16(23)21-13-3-1-2-4-14(13)26-9-15(20)22/h1-7H,8-9H2,(H2,20,22)(H,21,23). The van der Waals surface area contributed by atoms with Crippen LogP contribution in [0.5, 0.6) is 0 Å². The van der Waals surface area contributed by atoms with Gasteiger partial charge < -0.3 is 15.8 Å². The van der Waals surface area contributed by atoms with E-state index in [9.17, 15) is 18.8 Å². The molecule has 0 spiro atoms. The van der Waals surface area contributed by atoms with Crippen LogP contribution in [0.1, 0.15) is 10.4 Å².